The van der Waals surface area contributed by atoms with Gasteiger partial charge in [-0.3, -0.25) is 14.1 Å². The maximum Gasteiger partial charge on any atom is 0.416 e. The molecule has 0 atom stereocenters. The second-order valence-electron chi connectivity index (χ2n) is 7.30. The lowest BCUT2D eigenvalue weighted by molar-refractivity contribution is -0.137. The van der Waals surface area contributed by atoms with Gasteiger partial charge >= 0.3 is 6.18 Å². The average molecular weight is 493 g/mol. The fourth-order valence-electron chi connectivity index (χ4n) is 3.32. The van der Waals surface area contributed by atoms with Crippen LogP contribution < -0.4 is 14.4 Å². The Balaban J connectivity index is 1.63. The van der Waals surface area contributed by atoms with Crippen molar-refractivity contribution in [2.45, 2.75) is 17.7 Å². The lowest BCUT2D eigenvalue weighted by Gasteiger charge is -2.22. The molecule has 0 radical (unpaired) electrons. The third kappa shape index (κ3) is 4.68. The molecule has 0 spiro atoms. The number of hydrogen-bond acceptors (Lipinski definition) is 6. The molecule has 4 rings (SSSR count). The summed E-state index contributed by atoms with van der Waals surface area (Å²) < 4.78 is 71.9. The third-order valence-electron chi connectivity index (χ3n) is 5.04. The number of halogens is 3. The smallest absolute Gasteiger partial charge is 0.416 e. The van der Waals surface area contributed by atoms with Gasteiger partial charge in [-0.2, -0.15) is 13.2 Å². The summed E-state index contributed by atoms with van der Waals surface area (Å²) in [7, 11) is -4.22. The Morgan fingerprint density at radius 3 is 2.47 bits per heavy atom. The predicted molar refractivity (Wildman–Crippen MR) is 116 cm³/mol. The van der Waals surface area contributed by atoms with Crippen molar-refractivity contribution in [2.75, 3.05) is 22.8 Å². The third-order valence-corrected chi connectivity index (χ3v) is 6.89. The minimum atomic E-state index is -4.55. The molecule has 0 saturated carbocycles. The maximum atomic E-state index is 13.4. The molecule has 2 aromatic carbocycles. The number of carbonyl (C=O) groups excluding carboxylic acids is 1. The van der Waals surface area contributed by atoms with Crippen molar-refractivity contribution < 1.29 is 36.2 Å². The van der Waals surface area contributed by atoms with Gasteiger partial charge in [-0.15, -0.1) is 0 Å². The number of carbonyl (C=O) groups is 1. The first-order valence-corrected chi connectivity index (χ1v) is 11.4. The van der Waals surface area contributed by atoms with Crippen LogP contribution in [-0.2, 0) is 22.8 Å². The van der Waals surface area contributed by atoms with E-state index in [1.54, 1.807) is 0 Å². The minimum Gasteiger partial charge on any atom is -0.490 e. The van der Waals surface area contributed by atoms with Crippen LogP contribution in [0.2, 0.25) is 0 Å². The zero-order valence-electron chi connectivity index (χ0n) is 17.4. The first-order chi connectivity index (χ1) is 16.1. The van der Waals surface area contributed by atoms with Gasteiger partial charge in [0.2, 0.25) is 0 Å². The van der Waals surface area contributed by atoms with Crippen LogP contribution in [0.5, 0.6) is 5.75 Å². The van der Waals surface area contributed by atoms with E-state index in [1.807, 2.05) is 0 Å². The SMILES string of the molecule is O=C(Nc1ccc2c(c1)S(=O)(=O)N(c1ccc(C(F)(F)F)cc1)CCO2)c1ccc(CO)cn1. The second kappa shape index (κ2) is 8.95. The van der Waals surface area contributed by atoms with Crippen LogP contribution in [0.15, 0.2) is 65.7 Å². The summed E-state index contributed by atoms with van der Waals surface area (Å²) in [5, 5.41) is 11.6. The van der Waals surface area contributed by atoms with E-state index in [0.29, 0.717) is 5.56 Å². The Labute approximate surface area is 192 Å². The Morgan fingerprint density at radius 1 is 1.12 bits per heavy atom. The summed E-state index contributed by atoms with van der Waals surface area (Å²) in [6.07, 6.45) is -3.21. The lowest BCUT2D eigenvalue weighted by atomic mass is 10.2. The van der Waals surface area contributed by atoms with E-state index in [1.165, 1.54) is 36.5 Å². The van der Waals surface area contributed by atoms with Crippen molar-refractivity contribution in [3.8, 4) is 5.75 Å². The standard InChI is InChI=1S/C22H18F3N3O5S/c23-22(24,25)15-2-5-17(6-3-15)28-9-10-33-19-8-4-16(11-20(19)34(28,31)32)27-21(30)18-7-1-14(13-29)12-26-18/h1-8,11-12,29H,9-10,13H2,(H,27,30). The van der Waals surface area contributed by atoms with Crippen molar-refractivity contribution in [1.29, 1.82) is 0 Å². The normalized spacial score (nSPS) is 15.1. The molecule has 3 aromatic rings. The summed E-state index contributed by atoms with van der Waals surface area (Å²) in [6, 6.07) is 10.8. The number of rotatable bonds is 4. The number of hydrogen-bond donors (Lipinski definition) is 2. The maximum absolute atomic E-state index is 13.4. The Hall–Kier alpha value is -3.64. The molecular formula is C22H18F3N3O5S. The molecule has 2 N–H and O–H groups in total. The number of fused-ring (bicyclic) bond motifs is 1. The van der Waals surface area contributed by atoms with Crippen molar-refractivity contribution in [1.82, 2.24) is 4.98 Å². The highest BCUT2D eigenvalue weighted by atomic mass is 32.2. The van der Waals surface area contributed by atoms with Gasteiger partial charge in [0, 0.05) is 11.9 Å². The summed E-state index contributed by atoms with van der Waals surface area (Å²) in [6.45, 7) is -0.377. The topological polar surface area (TPSA) is 109 Å². The molecule has 0 saturated heterocycles. The highest BCUT2D eigenvalue weighted by Gasteiger charge is 2.33. The van der Waals surface area contributed by atoms with Crippen molar-refractivity contribution >= 4 is 27.3 Å². The number of benzene rings is 2. The number of alkyl halides is 3. The van der Waals surface area contributed by atoms with E-state index in [0.717, 1.165) is 28.6 Å². The molecule has 1 aromatic heterocycles. The molecule has 12 heteroatoms. The number of sulfonamides is 1. The number of nitrogens with zero attached hydrogens (tertiary/aromatic N) is 2. The highest BCUT2D eigenvalue weighted by Crippen LogP contribution is 2.36. The van der Waals surface area contributed by atoms with Crippen LogP contribution in [0.25, 0.3) is 0 Å². The van der Waals surface area contributed by atoms with E-state index >= 15 is 0 Å². The van der Waals surface area contributed by atoms with Crippen molar-refractivity contribution in [3.05, 3.63) is 77.6 Å². The molecule has 0 aliphatic carbocycles. The van der Waals surface area contributed by atoms with Gasteiger partial charge in [-0.1, -0.05) is 6.07 Å². The molecular weight excluding hydrogens is 475 g/mol. The van der Waals surface area contributed by atoms with Crippen LogP contribution >= 0.6 is 0 Å². The van der Waals surface area contributed by atoms with Crippen LogP contribution in [0.4, 0.5) is 24.5 Å². The number of anilines is 2. The number of aliphatic hydroxyl groups excluding tert-OH is 1. The van der Waals surface area contributed by atoms with Crippen LogP contribution in [-0.4, -0.2) is 37.6 Å². The van der Waals surface area contributed by atoms with Crippen LogP contribution in [0.1, 0.15) is 21.6 Å². The molecule has 1 aliphatic rings. The van der Waals surface area contributed by atoms with Gasteiger partial charge in [0.05, 0.1) is 24.4 Å². The van der Waals surface area contributed by atoms with E-state index in [4.69, 9.17) is 9.84 Å². The lowest BCUT2D eigenvalue weighted by Crippen LogP contribution is -2.32. The second-order valence-corrected chi connectivity index (χ2v) is 9.13. The Bertz CT molecular complexity index is 1310. The Kier molecular flexibility index (Phi) is 6.19. The van der Waals surface area contributed by atoms with E-state index in [2.05, 4.69) is 10.3 Å². The van der Waals surface area contributed by atoms with Crippen molar-refractivity contribution in [3.63, 3.8) is 0 Å². The number of amides is 1. The zero-order chi connectivity index (χ0) is 24.5. The van der Waals surface area contributed by atoms with Gasteiger partial charge in [0.25, 0.3) is 15.9 Å². The van der Waals surface area contributed by atoms with Crippen molar-refractivity contribution in [2.24, 2.45) is 0 Å². The quantitative estimate of drug-likeness (QED) is 0.577. The number of aliphatic hydroxyl groups is 1. The van der Waals surface area contributed by atoms with E-state index in [9.17, 15) is 26.4 Å². The summed E-state index contributed by atoms with van der Waals surface area (Å²) in [5.74, 6) is -0.547. The predicted octanol–water partition coefficient (Wildman–Crippen LogP) is 3.43. The molecule has 0 unspecified atom stereocenters. The minimum absolute atomic E-state index is 0.0277. The summed E-state index contributed by atoms with van der Waals surface area (Å²) in [4.78, 5) is 16.2. The van der Waals surface area contributed by atoms with E-state index in [-0.39, 0.29) is 47.5 Å². The first kappa shape index (κ1) is 23.5. The molecule has 1 aliphatic heterocycles. The average Bonchev–Trinajstić information content (AvgIpc) is 2.94. The van der Waals surface area contributed by atoms with Gasteiger partial charge in [-0.05, 0) is 54.1 Å². The molecule has 2 heterocycles. The highest BCUT2D eigenvalue weighted by molar-refractivity contribution is 7.93. The Morgan fingerprint density at radius 2 is 1.85 bits per heavy atom. The summed E-state index contributed by atoms with van der Waals surface area (Å²) in [5.41, 5.74) is -0.123. The number of pyridine rings is 1. The number of aromatic nitrogens is 1. The zero-order valence-corrected chi connectivity index (χ0v) is 18.2. The number of ether oxygens (including phenoxy) is 1. The first-order valence-electron chi connectivity index (χ1n) is 9.93. The van der Waals surface area contributed by atoms with Crippen LogP contribution in [0, 0.1) is 0 Å². The van der Waals surface area contributed by atoms with Gasteiger partial charge < -0.3 is 15.2 Å². The van der Waals surface area contributed by atoms with Crippen LogP contribution in [0.3, 0.4) is 0 Å². The number of nitrogens with one attached hydrogen (secondary N) is 1. The molecule has 178 valence electrons. The fourth-order valence-corrected chi connectivity index (χ4v) is 4.92. The molecule has 1 amide bonds. The van der Waals surface area contributed by atoms with Gasteiger partial charge in [0.15, 0.2) is 0 Å². The fraction of sp³-hybridized carbons (Fsp3) is 0.182. The molecule has 8 nitrogen and oxygen atoms in total. The monoisotopic (exact) mass is 493 g/mol. The molecule has 34 heavy (non-hydrogen) atoms. The van der Waals surface area contributed by atoms with E-state index < -0.39 is 27.7 Å². The molecule has 0 fully saturated rings. The van der Waals surface area contributed by atoms with Gasteiger partial charge in [-0.25, -0.2) is 8.42 Å². The summed E-state index contributed by atoms with van der Waals surface area (Å²) >= 11 is 0. The largest absolute Gasteiger partial charge is 0.490 e. The molecule has 0 bridgehead atoms. The van der Waals surface area contributed by atoms with Gasteiger partial charge in [0.1, 0.15) is 22.9 Å².